The number of halogens is 3. The van der Waals surface area contributed by atoms with Crippen molar-refractivity contribution < 1.29 is 18.0 Å². The fourth-order valence-electron chi connectivity index (χ4n) is 2.73. The lowest BCUT2D eigenvalue weighted by atomic mass is 10.2. The predicted molar refractivity (Wildman–Crippen MR) is 85.8 cm³/mol. The summed E-state index contributed by atoms with van der Waals surface area (Å²) < 4.78 is 41.3. The summed E-state index contributed by atoms with van der Waals surface area (Å²) in [5.41, 5.74) is 1.16. The van der Waals surface area contributed by atoms with Crippen LogP contribution in [0, 0.1) is 13.8 Å². The Bertz CT molecular complexity index is 762. The second-order valence-electron chi connectivity index (χ2n) is 6.05. The van der Waals surface area contributed by atoms with Crippen molar-refractivity contribution in [3.63, 3.8) is 0 Å². The van der Waals surface area contributed by atoms with Gasteiger partial charge in [0.15, 0.2) is 5.69 Å². The molecule has 2 heterocycles. The lowest BCUT2D eigenvalue weighted by molar-refractivity contribution is -0.142. The summed E-state index contributed by atoms with van der Waals surface area (Å²) >= 11 is 0. The summed E-state index contributed by atoms with van der Waals surface area (Å²) in [6.45, 7) is 8.00. The zero-order valence-electron chi connectivity index (χ0n) is 14.9. The second-order valence-corrected chi connectivity index (χ2v) is 6.05. The molecule has 2 aromatic heterocycles. The molecule has 1 unspecified atom stereocenters. The molecule has 0 aliphatic carbocycles. The molecule has 9 heteroatoms. The Morgan fingerprint density at radius 1 is 1.36 bits per heavy atom. The number of amides is 1. The van der Waals surface area contributed by atoms with E-state index in [0.29, 0.717) is 6.54 Å². The van der Waals surface area contributed by atoms with Gasteiger partial charge < -0.3 is 4.90 Å². The van der Waals surface area contributed by atoms with E-state index in [-0.39, 0.29) is 11.6 Å². The van der Waals surface area contributed by atoms with E-state index in [0.717, 1.165) is 28.6 Å². The number of aryl methyl sites for hydroxylation is 2. The molecule has 0 aliphatic rings. The van der Waals surface area contributed by atoms with Gasteiger partial charge in [0.05, 0.1) is 6.20 Å². The van der Waals surface area contributed by atoms with Crippen molar-refractivity contribution in [2.24, 2.45) is 0 Å². The van der Waals surface area contributed by atoms with Gasteiger partial charge >= 0.3 is 6.18 Å². The molecule has 0 spiro atoms. The summed E-state index contributed by atoms with van der Waals surface area (Å²) in [5, 5.41) is 7.78. The molecular formula is C16H22F3N5O. The van der Waals surface area contributed by atoms with Crippen LogP contribution < -0.4 is 0 Å². The molecule has 0 aromatic carbocycles. The van der Waals surface area contributed by atoms with Crippen LogP contribution in [-0.4, -0.2) is 37.4 Å². The van der Waals surface area contributed by atoms with Crippen molar-refractivity contribution in [3.8, 4) is 0 Å². The van der Waals surface area contributed by atoms with E-state index < -0.39 is 17.9 Å². The number of hydrogen-bond acceptors (Lipinski definition) is 3. The van der Waals surface area contributed by atoms with Gasteiger partial charge in [-0.25, -0.2) is 0 Å². The van der Waals surface area contributed by atoms with Crippen molar-refractivity contribution in [1.82, 2.24) is 24.5 Å². The summed E-state index contributed by atoms with van der Waals surface area (Å²) in [6, 6.07) is 0.113. The number of alkyl halides is 3. The maximum absolute atomic E-state index is 12.8. The van der Waals surface area contributed by atoms with E-state index in [1.54, 1.807) is 20.2 Å². The molecule has 0 radical (unpaired) electrons. The highest BCUT2D eigenvalue weighted by atomic mass is 19.4. The Morgan fingerprint density at radius 3 is 2.48 bits per heavy atom. The third-order valence-electron chi connectivity index (χ3n) is 4.23. The Kier molecular flexibility index (Phi) is 5.24. The zero-order chi connectivity index (χ0) is 18.9. The number of carbonyl (C=O) groups excluding carboxylic acids is 1. The quantitative estimate of drug-likeness (QED) is 0.827. The summed E-state index contributed by atoms with van der Waals surface area (Å²) in [5.74, 6) is -0.316. The van der Waals surface area contributed by atoms with Gasteiger partial charge in [0.1, 0.15) is 6.04 Å². The molecule has 138 valence electrons. The highest BCUT2D eigenvalue weighted by molar-refractivity contribution is 5.79. The Morgan fingerprint density at radius 2 is 2.00 bits per heavy atom. The van der Waals surface area contributed by atoms with Crippen LogP contribution in [-0.2, 0) is 24.1 Å². The van der Waals surface area contributed by atoms with E-state index in [1.807, 2.05) is 18.5 Å². The fraction of sp³-hybridized carbons (Fsp3) is 0.562. The molecule has 1 atom stereocenters. The van der Waals surface area contributed by atoms with Crippen LogP contribution in [0.3, 0.4) is 0 Å². The first-order valence-electron chi connectivity index (χ1n) is 7.95. The SMILES string of the molecule is CCn1ncc(CN(C)C(=O)C(C)n2nc(C(F)(F)F)cc2C)c1C. The third-order valence-corrected chi connectivity index (χ3v) is 4.23. The monoisotopic (exact) mass is 357 g/mol. The number of hydrogen-bond donors (Lipinski definition) is 0. The Hall–Kier alpha value is -2.32. The van der Waals surface area contributed by atoms with Crippen LogP contribution in [0.25, 0.3) is 0 Å². The number of aromatic nitrogens is 4. The van der Waals surface area contributed by atoms with E-state index in [9.17, 15) is 18.0 Å². The van der Waals surface area contributed by atoms with Gasteiger partial charge in [-0.05, 0) is 33.8 Å². The lowest BCUT2D eigenvalue weighted by Gasteiger charge is -2.22. The zero-order valence-corrected chi connectivity index (χ0v) is 14.9. The van der Waals surface area contributed by atoms with Gasteiger partial charge in [-0.3, -0.25) is 14.2 Å². The van der Waals surface area contributed by atoms with Crippen molar-refractivity contribution in [3.05, 3.63) is 34.9 Å². The number of likely N-dealkylation sites (N-methyl/N-ethyl adjacent to an activating group) is 1. The van der Waals surface area contributed by atoms with Gasteiger partial charge in [-0.2, -0.15) is 23.4 Å². The predicted octanol–water partition coefficient (Wildman–Crippen LogP) is 2.95. The largest absolute Gasteiger partial charge is 0.435 e. The third kappa shape index (κ3) is 3.85. The molecule has 0 saturated heterocycles. The highest BCUT2D eigenvalue weighted by Gasteiger charge is 2.35. The highest BCUT2D eigenvalue weighted by Crippen LogP contribution is 2.29. The average molecular weight is 357 g/mol. The fourth-order valence-corrected chi connectivity index (χ4v) is 2.73. The minimum Gasteiger partial charge on any atom is -0.339 e. The van der Waals surface area contributed by atoms with Crippen LogP contribution in [0.4, 0.5) is 13.2 Å². The smallest absolute Gasteiger partial charge is 0.339 e. The maximum atomic E-state index is 12.8. The van der Waals surface area contributed by atoms with Crippen LogP contribution in [0.1, 0.15) is 42.5 Å². The van der Waals surface area contributed by atoms with Crippen LogP contribution in [0.15, 0.2) is 12.3 Å². The Balaban J connectivity index is 2.16. The van der Waals surface area contributed by atoms with Gasteiger partial charge in [0.2, 0.25) is 5.91 Å². The van der Waals surface area contributed by atoms with Gasteiger partial charge in [0, 0.05) is 37.1 Å². The number of nitrogens with zero attached hydrogens (tertiary/aromatic N) is 5. The lowest BCUT2D eigenvalue weighted by Crippen LogP contribution is -2.33. The first-order valence-corrected chi connectivity index (χ1v) is 7.95. The van der Waals surface area contributed by atoms with Gasteiger partial charge in [0.25, 0.3) is 0 Å². The number of rotatable bonds is 5. The average Bonchev–Trinajstić information content (AvgIpc) is 3.09. The molecule has 0 aliphatic heterocycles. The van der Waals surface area contributed by atoms with Crippen molar-refractivity contribution in [2.75, 3.05) is 7.05 Å². The molecular weight excluding hydrogens is 335 g/mol. The Labute approximate surface area is 144 Å². The minimum absolute atomic E-state index is 0.288. The molecule has 0 fully saturated rings. The number of carbonyl (C=O) groups is 1. The van der Waals surface area contributed by atoms with Crippen LogP contribution in [0.5, 0.6) is 0 Å². The summed E-state index contributed by atoms with van der Waals surface area (Å²) in [4.78, 5) is 14.1. The standard InChI is InChI=1S/C16H22F3N5O/c1-6-23-11(3)13(8-20-23)9-22(5)15(25)12(4)24-10(2)7-14(21-24)16(17,18)19/h7-8,12H,6,9H2,1-5H3. The topological polar surface area (TPSA) is 56.0 Å². The van der Waals surface area contributed by atoms with E-state index >= 15 is 0 Å². The van der Waals surface area contributed by atoms with Gasteiger partial charge in [-0.15, -0.1) is 0 Å². The molecule has 1 amide bonds. The molecule has 6 nitrogen and oxygen atoms in total. The normalized spacial score (nSPS) is 13.1. The summed E-state index contributed by atoms with van der Waals surface area (Å²) in [6.07, 6.45) is -2.83. The molecule has 0 saturated carbocycles. The first kappa shape index (κ1) is 19.0. The molecule has 0 bridgehead atoms. The van der Waals surface area contributed by atoms with Crippen molar-refractivity contribution in [1.29, 1.82) is 0 Å². The van der Waals surface area contributed by atoms with Gasteiger partial charge in [-0.1, -0.05) is 0 Å². The van der Waals surface area contributed by atoms with Crippen molar-refractivity contribution >= 4 is 5.91 Å². The van der Waals surface area contributed by atoms with E-state index in [1.165, 1.54) is 11.8 Å². The summed E-state index contributed by atoms with van der Waals surface area (Å²) in [7, 11) is 1.62. The maximum Gasteiger partial charge on any atom is 0.435 e. The minimum atomic E-state index is -4.53. The second kappa shape index (κ2) is 6.89. The molecule has 2 rings (SSSR count). The van der Waals surface area contributed by atoms with Crippen molar-refractivity contribution in [2.45, 2.75) is 53.0 Å². The molecule has 25 heavy (non-hydrogen) atoms. The van der Waals surface area contributed by atoms with Crippen LogP contribution in [0.2, 0.25) is 0 Å². The molecule has 2 aromatic rings. The first-order chi connectivity index (χ1) is 11.6. The van der Waals surface area contributed by atoms with E-state index in [2.05, 4.69) is 10.2 Å². The van der Waals surface area contributed by atoms with E-state index in [4.69, 9.17) is 0 Å². The molecule has 0 N–H and O–H groups in total. The van der Waals surface area contributed by atoms with Crippen LogP contribution >= 0.6 is 0 Å².